The summed E-state index contributed by atoms with van der Waals surface area (Å²) in [6.07, 6.45) is 0.653. The third kappa shape index (κ3) is 5.07. The van der Waals surface area contributed by atoms with Crippen LogP contribution >= 0.6 is 15.9 Å². The molecule has 3 nitrogen and oxygen atoms in total. The largest absolute Gasteiger partial charge is 0.392 e. The highest BCUT2D eigenvalue weighted by molar-refractivity contribution is 9.10. The molecular formula is C12H19BrN2O. The minimum atomic E-state index is -0.163. The number of nitrogens with one attached hydrogen (secondary N) is 1. The van der Waals surface area contributed by atoms with Gasteiger partial charge in [0.1, 0.15) is 0 Å². The number of rotatable bonds is 1. The molecule has 0 aliphatic carbocycles. The summed E-state index contributed by atoms with van der Waals surface area (Å²) in [7, 11) is 0. The molecule has 2 atom stereocenters. The zero-order valence-corrected chi connectivity index (χ0v) is 11.1. The average molecular weight is 287 g/mol. The number of β-amino-alcohol motifs (C(OH)–C–C–N with tert-alkyl or cyclic N) is 1. The van der Waals surface area contributed by atoms with Gasteiger partial charge in [0.2, 0.25) is 0 Å². The van der Waals surface area contributed by atoms with Crippen LogP contribution in [0.3, 0.4) is 0 Å². The first-order valence-corrected chi connectivity index (χ1v) is 6.25. The lowest BCUT2D eigenvalue weighted by Gasteiger charge is -2.02. The smallest absolute Gasteiger partial charge is 0.0680 e. The molecule has 4 heteroatoms. The lowest BCUT2D eigenvalue weighted by atomic mass is 10.2. The summed E-state index contributed by atoms with van der Waals surface area (Å²) in [6.45, 7) is 3.42. The monoisotopic (exact) mass is 286 g/mol. The maximum atomic E-state index is 8.91. The number of hydrogen-bond donors (Lipinski definition) is 3. The van der Waals surface area contributed by atoms with Gasteiger partial charge in [-0.15, -0.1) is 0 Å². The van der Waals surface area contributed by atoms with Crippen molar-refractivity contribution in [1.82, 2.24) is 5.32 Å². The minimum Gasteiger partial charge on any atom is -0.392 e. The third-order valence-corrected chi connectivity index (χ3v) is 3.02. The molecule has 4 N–H and O–H groups in total. The first kappa shape index (κ1) is 13.6. The van der Waals surface area contributed by atoms with Crippen molar-refractivity contribution in [3.8, 4) is 0 Å². The van der Waals surface area contributed by atoms with Gasteiger partial charge in [0.25, 0.3) is 0 Å². The lowest BCUT2D eigenvalue weighted by molar-refractivity contribution is 0.193. The van der Waals surface area contributed by atoms with E-state index >= 15 is 0 Å². The summed E-state index contributed by atoms with van der Waals surface area (Å²) >= 11 is 3.35. The summed E-state index contributed by atoms with van der Waals surface area (Å²) in [6, 6.07) is 8.57. The number of hydrogen-bond acceptors (Lipinski definition) is 3. The van der Waals surface area contributed by atoms with E-state index in [1.807, 2.05) is 12.1 Å². The van der Waals surface area contributed by atoms with Crippen molar-refractivity contribution >= 4 is 15.9 Å². The molecule has 90 valence electrons. The molecule has 2 unspecified atom stereocenters. The van der Waals surface area contributed by atoms with Crippen molar-refractivity contribution in [2.24, 2.45) is 5.73 Å². The van der Waals surface area contributed by atoms with Gasteiger partial charge in [-0.2, -0.15) is 0 Å². The van der Waals surface area contributed by atoms with E-state index in [-0.39, 0.29) is 6.10 Å². The van der Waals surface area contributed by atoms with Crippen LogP contribution in [0.25, 0.3) is 0 Å². The van der Waals surface area contributed by atoms with Gasteiger partial charge in [0, 0.05) is 23.6 Å². The van der Waals surface area contributed by atoms with Crippen LogP contribution in [0.4, 0.5) is 0 Å². The van der Waals surface area contributed by atoms with Gasteiger partial charge in [-0.3, -0.25) is 0 Å². The Hall–Kier alpha value is -0.420. The predicted molar refractivity (Wildman–Crippen MR) is 70.3 cm³/mol. The fourth-order valence-electron chi connectivity index (χ4n) is 1.51. The van der Waals surface area contributed by atoms with Crippen molar-refractivity contribution in [2.45, 2.75) is 25.5 Å². The van der Waals surface area contributed by atoms with Gasteiger partial charge >= 0.3 is 0 Å². The standard InChI is InChI=1S/C7H7Br.C5H12N2O/c1-6-2-4-7(8)5-3-6;6-2-4-1-5(8)3-7-4/h2-5H,1H3;4-5,7-8H,1-3,6H2. The van der Waals surface area contributed by atoms with E-state index in [9.17, 15) is 0 Å². The number of aryl methyl sites for hydroxylation is 1. The SMILES string of the molecule is Cc1ccc(Br)cc1.NCC1CC(O)CN1. The molecule has 0 amide bonds. The molecular weight excluding hydrogens is 268 g/mol. The Kier molecular flexibility index (Phi) is 5.98. The molecule has 1 saturated heterocycles. The Morgan fingerprint density at radius 2 is 2.06 bits per heavy atom. The fourth-order valence-corrected chi connectivity index (χ4v) is 1.77. The number of nitrogens with two attached hydrogens (primary N) is 1. The maximum absolute atomic E-state index is 8.91. The molecule has 0 bridgehead atoms. The Balaban J connectivity index is 0.000000160. The van der Waals surface area contributed by atoms with Crippen LogP contribution in [0.15, 0.2) is 28.7 Å². The molecule has 1 aromatic rings. The summed E-state index contributed by atoms with van der Waals surface area (Å²) in [5, 5.41) is 12.0. The van der Waals surface area contributed by atoms with Crippen LogP contribution in [0.1, 0.15) is 12.0 Å². The zero-order chi connectivity index (χ0) is 12.0. The lowest BCUT2D eigenvalue weighted by Crippen LogP contribution is -2.29. The van der Waals surface area contributed by atoms with Crippen molar-refractivity contribution in [2.75, 3.05) is 13.1 Å². The minimum absolute atomic E-state index is 0.163. The summed E-state index contributed by atoms with van der Waals surface area (Å²) < 4.78 is 1.14. The fraction of sp³-hybridized carbons (Fsp3) is 0.500. The van der Waals surface area contributed by atoms with Crippen molar-refractivity contribution in [1.29, 1.82) is 0 Å². The highest BCUT2D eigenvalue weighted by Gasteiger charge is 2.19. The zero-order valence-electron chi connectivity index (χ0n) is 9.49. The molecule has 0 saturated carbocycles. The highest BCUT2D eigenvalue weighted by atomic mass is 79.9. The molecule has 0 spiro atoms. The van der Waals surface area contributed by atoms with Crippen LogP contribution in [-0.4, -0.2) is 30.3 Å². The third-order valence-electron chi connectivity index (χ3n) is 2.49. The summed E-state index contributed by atoms with van der Waals surface area (Å²) in [5.74, 6) is 0. The molecule has 2 rings (SSSR count). The Bertz CT molecular complexity index is 281. The first-order chi connectivity index (χ1) is 7.61. The van der Waals surface area contributed by atoms with E-state index < -0.39 is 0 Å². The number of aliphatic hydroxyl groups is 1. The van der Waals surface area contributed by atoms with Gasteiger partial charge in [-0.1, -0.05) is 33.6 Å². The molecule has 1 fully saturated rings. The maximum Gasteiger partial charge on any atom is 0.0680 e. The van der Waals surface area contributed by atoms with Crippen molar-refractivity contribution < 1.29 is 5.11 Å². The van der Waals surface area contributed by atoms with E-state index in [0.717, 1.165) is 10.9 Å². The quantitative estimate of drug-likeness (QED) is 0.732. The number of benzene rings is 1. The van der Waals surface area contributed by atoms with Gasteiger partial charge in [0.05, 0.1) is 6.10 Å². The van der Waals surface area contributed by atoms with Gasteiger partial charge in [-0.05, 0) is 25.5 Å². The predicted octanol–water partition coefficient (Wildman–Crippen LogP) is 1.43. The summed E-state index contributed by atoms with van der Waals surface area (Å²) in [4.78, 5) is 0. The van der Waals surface area contributed by atoms with E-state index in [1.165, 1.54) is 5.56 Å². The number of halogens is 1. The van der Waals surface area contributed by atoms with E-state index in [2.05, 4.69) is 40.3 Å². The van der Waals surface area contributed by atoms with E-state index in [0.29, 0.717) is 19.1 Å². The van der Waals surface area contributed by atoms with Crippen LogP contribution in [0.2, 0.25) is 0 Å². The van der Waals surface area contributed by atoms with Gasteiger partial charge in [-0.25, -0.2) is 0 Å². The van der Waals surface area contributed by atoms with Crippen LogP contribution in [0, 0.1) is 6.92 Å². The Morgan fingerprint density at radius 1 is 1.44 bits per heavy atom. The topological polar surface area (TPSA) is 58.3 Å². The molecule has 0 radical (unpaired) electrons. The Labute approximate surface area is 105 Å². The Morgan fingerprint density at radius 3 is 2.38 bits per heavy atom. The van der Waals surface area contributed by atoms with Crippen LogP contribution in [0.5, 0.6) is 0 Å². The summed E-state index contributed by atoms with van der Waals surface area (Å²) in [5.41, 5.74) is 6.62. The van der Waals surface area contributed by atoms with Crippen molar-refractivity contribution in [3.63, 3.8) is 0 Å². The average Bonchev–Trinajstić information content (AvgIpc) is 2.70. The van der Waals surface area contributed by atoms with Crippen molar-refractivity contribution in [3.05, 3.63) is 34.3 Å². The molecule has 1 aliphatic heterocycles. The second-order valence-corrected chi connectivity index (χ2v) is 4.94. The second-order valence-electron chi connectivity index (χ2n) is 4.03. The van der Waals surface area contributed by atoms with E-state index in [4.69, 9.17) is 10.8 Å². The van der Waals surface area contributed by atoms with E-state index in [1.54, 1.807) is 0 Å². The molecule has 16 heavy (non-hydrogen) atoms. The van der Waals surface area contributed by atoms with Crippen LogP contribution < -0.4 is 11.1 Å². The molecule has 1 aliphatic rings. The van der Waals surface area contributed by atoms with Gasteiger partial charge in [0.15, 0.2) is 0 Å². The second kappa shape index (κ2) is 7.01. The molecule has 1 aromatic carbocycles. The number of aliphatic hydroxyl groups excluding tert-OH is 1. The van der Waals surface area contributed by atoms with Crippen LogP contribution in [-0.2, 0) is 0 Å². The molecule has 1 heterocycles. The van der Waals surface area contributed by atoms with Gasteiger partial charge < -0.3 is 16.2 Å². The normalized spacial score (nSPS) is 23.8. The highest BCUT2D eigenvalue weighted by Crippen LogP contribution is 2.08. The molecule has 0 aromatic heterocycles. The first-order valence-electron chi connectivity index (χ1n) is 5.45.